The molecule has 15 heavy (non-hydrogen) atoms. The van der Waals surface area contributed by atoms with Crippen LogP contribution in [0.2, 0.25) is 0 Å². The maximum absolute atomic E-state index is 5.41. The number of furan rings is 1. The molecule has 3 rings (SSSR count). The predicted molar refractivity (Wildman–Crippen MR) is 60.7 cm³/mol. The van der Waals surface area contributed by atoms with E-state index in [0.717, 1.165) is 11.7 Å². The van der Waals surface area contributed by atoms with E-state index in [1.54, 1.807) is 6.26 Å². The Bertz CT molecular complexity index is 438. The second-order valence-electron chi connectivity index (χ2n) is 4.23. The fraction of sp³-hybridized carbons (Fsp3) is 0.286. The summed E-state index contributed by atoms with van der Waals surface area (Å²) in [7, 11) is 0. The summed E-state index contributed by atoms with van der Waals surface area (Å²) in [5.41, 5.74) is 2.67. The molecule has 1 fully saturated rings. The second kappa shape index (κ2) is 3.58. The Morgan fingerprint density at radius 2 is 2.00 bits per heavy atom. The molecule has 0 atom stereocenters. The zero-order valence-corrected chi connectivity index (χ0v) is 8.65. The van der Waals surface area contributed by atoms with Gasteiger partial charge in [0.25, 0.3) is 0 Å². The molecular weight excluding hydrogens is 184 g/mol. The topological polar surface area (TPSA) is 13.1 Å². The Labute approximate surface area is 89.7 Å². The molecule has 1 heterocycles. The van der Waals surface area contributed by atoms with Gasteiger partial charge in [0.05, 0.1) is 6.26 Å². The van der Waals surface area contributed by atoms with Crippen LogP contribution in [0.5, 0.6) is 0 Å². The van der Waals surface area contributed by atoms with E-state index in [0.29, 0.717) is 0 Å². The SMILES string of the molecule is c1cc(-c2ccco2)cc(C2CCC2)c1. The summed E-state index contributed by atoms with van der Waals surface area (Å²) in [5.74, 6) is 1.76. The Balaban J connectivity index is 1.95. The van der Waals surface area contributed by atoms with Crippen LogP contribution in [0.25, 0.3) is 11.3 Å². The molecule has 0 aliphatic heterocycles. The van der Waals surface area contributed by atoms with Gasteiger partial charge in [-0.15, -0.1) is 0 Å². The van der Waals surface area contributed by atoms with E-state index in [1.165, 1.54) is 30.4 Å². The van der Waals surface area contributed by atoms with Gasteiger partial charge in [-0.2, -0.15) is 0 Å². The molecule has 0 amide bonds. The van der Waals surface area contributed by atoms with Gasteiger partial charge in [-0.05, 0) is 42.5 Å². The summed E-state index contributed by atoms with van der Waals surface area (Å²) in [6.45, 7) is 0. The minimum absolute atomic E-state index is 0.792. The van der Waals surface area contributed by atoms with Crippen molar-refractivity contribution in [2.24, 2.45) is 0 Å². The molecular formula is C14H14O. The van der Waals surface area contributed by atoms with Crippen LogP contribution in [0, 0.1) is 0 Å². The fourth-order valence-corrected chi connectivity index (χ4v) is 2.13. The molecule has 0 spiro atoms. The molecule has 76 valence electrons. The first-order chi connectivity index (χ1) is 7.43. The summed E-state index contributed by atoms with van der Waals surface area (Å²) < 4.78 is 5.41. The van der Waals surface area contributed by atoms with Crippen molar-refractivity contribution in [2.75, 3.05) is 0 Å². The van der Waals surface area contributed by atoms with Gasteiger partial charge in [0.1, 0.15) is 5.76 Å². The third-order valence-corrected chi connectivity index (χ3v) is 3.27. The highest BCUT2D eigenvalue weighted by Crippen LogP contribution is 2.37. The van der Waals surface area contributed by atoms with Gasteiger partial charge in [0, 0.05) is 5.56 Å². The summed E-state index contributed by atoms with van der Waals surface area (Å²) in [4.78, 5) is 0. The van der Waals surface area contributed by atoms with Crippen LogP contribution in [-0.2, 0) is 0 Å². The molecule has 2 aromatic rings. The summed E-state index contributed by atoms with van der Waals surface area (Å²) in [6.07, 6.45) is 5.81. The van der Waals surface area contributed by atoms with E-state index < -0.39 is 0 Å². The molecule has 0 saturated heterocycles. The van der Waals surface area contributed by atoms with Crippen molar-refractivity contribution in [1.29, 1.82) is 0 Å². The number of hydrogen-bond acceptors (Lipinski definition) is 1. The van der Waals surface area contributed by atoms with Crippen LogP contribution in [0.3, 0.4) is 0 Å². The number of benzene rings is 1. The molecule has 1 aliphatic rings. The maximum atomic E-state index is 5.41. The maximum Gasteiger partial charge on any atom is 0.133 e. The molecule has 0 N–H and O–H groups in total. The molecule has 1 aliphatic carbocycles. The third kappa shape index (κ3) is 1.58. The Hall–Kier alpha value is -1.50. The average Bonchev–Trinajstić information content (AvgIpc) is 2.68. The van der Waals surface area contributed by atoms with Gasteiger partial charge in [0.15, 0.2) is 0 Å². The van der Waals surface area contributed by atoms with Crippen molar-refractivity contribution < 1.29 is 4.42 Å². The van der Waals surface area contributed by atoms with Gasteiger partial charge >= 0.3 is 0 Å². The first-order valence-electron chi connectivity index (χ1n) is 5.57. The number of hydrogen-bond donors (Lipinski definition) is 0. The Morgan fingerprint density at radius 3 is 2.67 bits per heavy atom. The molecule has 1 nitrogen and oxygen atoms in total. The molecule has 1 aromatic heterocycles. The van der Waals surface area contributed by atoms with E-state index in [4.69, 9.17) is 4.42 Å². The quantitative estimate of drug-likeness (QED) is 0.704. The first-order valence-corrected chi connectivity index (χ1v) is 5.57. The van der Waals surface area contributed by atoms with Gasteiger partial charge in [-0.1, -0.05) is 24.6 Å². The van der Waals surface area contributed by atoms with Crippen LogP contribution in [-0.4, -0.2) is 0 Å². The van der Waals surface area contributed by atoms with Crippen LogP contribution in [0.4, 0.5) is 0 Å². The normalized spacial score (nSPS) is 16.3. The minimum atomic E-state index is 0.792. The van der Waals surface area contributed by atoms with E-state index >= 15 is 0 Å². The molecule has 0 bridgehead atoms. The van der Waals surface area contributed by atoms with Crippen LogP contribution >= 0.6 is 0 Å². The van der Waals surface area contributed by atoms with Crippen LogP contribution in [0.1, 0.15) is 30.7 Å². The summed E-state index contributed by atoms with van der Waals surface area (Å²) >= 11 is 0. The number of rotatable bonds is 2. The van der Waals surface area contributed by atoms with Gasteiger partial charge in [-0.3, -0.25) is 0 Å². The summed E-state index contributed by atoms with van der Waals surface area (Å²) in [6, 6.07) is 12.7. The van der Waals surface area contributed by atoms with Crippen molar-refractivity contribution >= 4 is 0 Å². The highest BCUT2D eigenvalue weighted by Gasteiger charge is 2.19. The van der Waals surface area contributed by atoms with E-state index in [2.05, 4.69) is 24.3 Å². The van der Waals surface area contributed by atoms with Crippen LogP contribution < -0.4 is 0 Å². The van der Waals surface area contributed by atoms with Gasteiger partial charge < -0.3 is 4.42 Å². The molecule has 1 saturated carbocycles. The monoisotopic (exact) mass is 198 g/mol. The standard InChI is InChI=1S/C14H14O/c1-4-11(5-1)12-6-2-7-13(10-12)14-8-3-9-15-14/h2-3,6-11H,1,4-5H2. The minimum Gasteiger partial charge on any atom is -0.464 e. The van der Waals surface area contributed by atoms with Crippen molar-refractivity contribution in [3.8, 4) is 11.3 Å². The van der Waals surface area contributed by atoms with Crippen molar-refractivity contribution in [3.63, 3.8) is 0 Å². The van der Waals surface area contributed by atoms with Gasteiger partial charge in [0.2, 0.25) is 0 Å². The lowest BCUT2D eigenvalue weighted by atomic mass is 9.79. The smallest absolute Gasteiger partial charge is 0.133 e. The lowest BCUT2D eigenvalue weighted by molar-refractivity contribution is 0.420. The Kier molecular flexibility index (Phi) is 2.09. The lowest BCUT2D eigenvalue weighted by Gasteiger charge is -2.25. The highest BCUT2D eigenvalue weighted by atomic mass is 16.3. The molecule has 0 radical (unpaired) electrons. The highest BCUT2D eigenvalue weighted by molar-refractivity contribution is 5.58. The van der Waals surface area contributed by atoms with Crippen molar-refractivity contribution in [3.05, 3.63) is 48.2 Å². The average molecular weight is 198 g/mol. The van der Waals surface area contributed by atoms with Crippen LogP contribution in [0.15, 0.2) is 47.1 Å². The lowest BCUT2D eigenvalue weighted by Crippen LogP contribution is -2.08. The van der Waals surface area contributed by atoms with E-state index in [9.17, 15) is 0 Å². The van der Waals surface area contributed by atoms with E-state index in [1.807, 2.05) is 12.1 Å². The zero-order chi connectivity index (χ0) is 10.1. The first kappa shape index (κ1) is 8.78. The predicted octanol–water partition coefficient (Wildman–Crippen LogP) is 4.21. The van der Waals surface area contributed by atoms with E-state index in [-0.39, 0.29) is 0 Å². The molecule has 1 aromatic carbocycles. The fourth-order valence-electron chi connectivity index (χ4n) is 2.13. The Morgan fingerprint density at radius 1 is 1.07 bits per heavy atom. The molecule has 0 unspecified atom stereocenters. The largest absolute Gasteiger partial charge is 0.464 e. The van der Waals surface area contributed by atoms with Crippen molar-refractivity contribution in [1.82, 2.24) is 0 Å². The van der Waals surface area contributed by atoms with Gasteiger partial charge in [-0.25, -0.2) is 0 Å². The second-order valence-corrected chi connectivity index (χ2v) is 4.23. The third-order valence-electron chi connectivity index (χ3n) is 3.27. The zero-order valence-electron chi connectivity index (χ0n) is 8.65. The molecule has 1 heteroatoms. The van der Waals surface area contributed by atoms with Crippen molar-refractivity contribution in [2.45, 2.75) is 25.2 Å². The summed E-state index contributed by atoms with van der Waals surface area (Å²) in [5, 5.41) is 0.